The predicted molar refractivity (Wildman–Crippen MR) is 85.3 cm³/mol. The molecule has 0 radical (unpaired) electrons. The van der Waals surface area contributed by atoms with Crippen molar-refractivity contribution in [1.29, 1.82) is 0 Å². The van der Waals surface area contributed by atoms with Crippen LogP contribution in [0.4, 0.5) is 0 Å². The van der Waals surface area contributed by atoms with Crippen LogP contribution in [0, 0.1) is 0 Å². The number of ether oxygens (including phenoxy) is 1. The van der Waals surface area contributed by atoms with Crippen molar-refractivity contribution in [2.45, 2.75) is 32.5 Å². The van der Waals surface area contributed by atoms with Crippen molar-refractivity contribution in [2.75, 3.05) is 7.11 Å². The number of hydrogen-bond acceptors (Lipinski definition) is 3. The van der Waals surface area contributed by atoms with Crippen LogP contribution in [0.25, 0.3) is 0 Å². The van der Waals surface area contributed by atoms with E-state index in [0.29, 0.717) is 18.4 Å². The Morgan fingerprint density at radius 3 is 2.38 bits per heavy atom. The Balaban J connectivity index is 1.89. The maximum absolute atomic E-state index is 9.30. The molecule has 0 spiro atoms. The van der Waals surface area contributed by atoms with Crippen LogP contribution in [-0.4, -0.2) is 18.3 Å². The number of rotatable bonds is 7. The normalized spacial score (nSPS) is 12.3. The van der Waals surface area contributed by atoms with Gasteiger partial charge < -0.3 is 15.2 Å². The molecule has 112 valence electrons. The highest BCUT2D eigenvalue weighted by Gasteiger charge is 2.06. The molecule has 2 aromatic carbocycles. The number of hydrogen-bond donors (Lipinski definition) is 2. The Morgan fingerprint density at radius 1 is 1.05 bits per heavy atom. The molecule has 0 saturated heterocycles. The topological polar surface area (TPSA) is 41.5 Å². The van der Waals surface area contributed by atoms with E-state index < -0.39 is 0 Å². The summed E-state index contributed by atoms with van der Waals surface area (Å²) in [7, 11) is 1.72. The van der Waals surface area contributed by atoms with E-state index in [1.165, 1.54) is 16.7 Å². The van der Waals surface area contributed by atoms with Crippen molar-refractivity contribution < 1.29 is 9.84 Å². The fourth-order valence-electron chi connectivity index (χ4n) is 2.37. The van der Waals surface area contributed by atoms with Gasteiger partial charge in [0.1, 0.15) is 5.75 Å². The third-order valence-electron chi connectivity index (χ3n) is 3.54. The lowest BCUT2D eigenvalue weighted by Crippen LogP contribution is -2.28. The van der Waals surface area contributed by atoms with Gasteiger partial charge in [0.05, 0.1) is 6.61 Å². The van der Waals surface area contributed by atoms with Gasteiger partial charge in [0, 0.05) is 19.7 Å². The van der Waals surface area contributed by atoms with E-state index in [-0.39, 0.29) is 0 Å². The minimum absolute atomic E-state index is 0.313. The number of methoxy groups -OCH3 is 1. The molecule has 1 unspecified atom stereocenters. The van der Waals surface area contributed by atoms with Gasteiger partial charge in [-0.15, -0.1) is 0 Å². The zero-order valence-corrected chi connectivity index (χ0v) is 12.7. The maximum Gasteiger partial charge on any atom is 0.115 e. The molecule has 0 saturated carbocycles. The van der Waals surface area contributed by atoms with Crippen LogP contribution in [0.3, 0.4) is 0 Å². The molecule has 0 aliphatic carbocycles. The molecule has 0 aliphatic heterocycles. The van der Waals surface area contributed by atoms with E-state index in [1.54, 1.807) is 19.2 Å². The van der Waals surface area contributed by atoms with E-state index in [1.807, 2.05) is 18.2 Å². The molecule has 1 atom stereocenters. The molecule has 0 aliphatic rings. The van der Waals surface area contributed by atoms with Crippen LogP contribution >= 0.6 is 0 Å². The van der Waals surface area contributed by atoms with Gasteiger partial charge in [0.2, 0.25) is 0 Å². The Labute approximate surface area is 126 Å². The standard InChI is InChI=1S/C18H23NO2/c1-14(11-15-7-9-18(20)10-8-15)19-12-16-5-3-4-6-17(16)13-21-2/h3-10,14,19-20H,11-13H2,1-2H3. The van der Waals surface area contributed by atoms with Gasteiger partial charge >= 0.3 is 0 Å². The third kappa shape index (κ3) is 4.88. The highest BCUT2D eigenvalue weighted by atomic mass is 16.5. The first-order valence-electron chi connectivity index (χ1n) is 7.26. The number of phenols is 1. The number of benzene rings is 2. The second-order valence-electron chi connectivity index (χ2n) is 5.35. The molecule has 21 heavy (non-hydrogen) atoms. The van der Waals surface area contributed by atoms with Crippen molar-refractivity contribution in [1.82, 2.24) is 5.32 Å². The van der Waals surface area contributed by atoms with Crippen LogP contribution in [0.5, 0.6) is 5.75 Å². The summed E-state index contributed by atoms with van der Waals surface area (Å²) in [5, 5.41) is 12.8. The van der Waals surface area contributed by atoms with Crippen molar-refractivity contribution in [3.05, 3.63) is 65.2 Å². The molecule has 3 nitrogen and oxygen atoms in total. The molecule has 0 fully saturated rings. The Morgan fingerprint density at radius 2 is 1.71 bits per heavy atom. The SMILES string of the molecule is COCc1ccccc1CNC(C)Cc1ccc(O)cc1. The third-order valence-corrected chi connectivity index (χ3v) is 3.54. The molecule has 2 aromatic rings. The molecular formula is C18H23NO2. The quantitative estimate of drug-likeness (QED) is 0.820. The first-order valence-corrected chi connectivity index (χ1v) is 7.26. The number of nitrogens with one attached hydrogen (secondary N) is 1. The number of aromatic hydroxyl groups is 1. The predicted octanol–water partition coefficient (Wildman–Crippen LogP) is 3.26. The van der Waals surface area contributed by atoms with E-state index in [2.05, 4.69) is 30.4 Å². The van der Waals surface area contributed by atoms with Crippen molar-refractivity contribution in [3.8, 4) is 5.75 Å². The summed E-state index contributed by atoms with van der Waals surface area (Å²) in [5.74, 6) is 0.313. The highest BCUT2D eigenvalue weighted by Crippen LogP contribution is 2.13. The largest absolute Gasteiger partial charge is 0.508 e. The van der Waals surface area contributed by atoms with E-state index in [4.69, 9.17) is 4.74 Å². The fraction of sp³-hybridized carbons (Fsp3) is 0.333. The second kappa shape index (κ2) is 7.81. The molecule has 0 heterocycles. The maximum atomic E-state index is 9.30. The van der Waals surface area contributed by atoms with E-state index in [0.717, 1.165) is 13.0 Å². The van der Waals surface area contributed by atoms with Gasteiger partial charge in [-0.3, -0.25) is 0 Å². The molecule has 3 heteroatoms. The van der Waals surface area contributed by atoms with Gasteiger partial charge in [0.15, 0.2) is 0 Å². The molecule has 2 N–H and O–H groups in total. The lowest BCUT2D eigenvalue weighted by molar-refractivity contribution is 0.184. The summed E-state index contributed by atoms with van der Waals surface area (Å²) in [6, 6.07) is 16.1. The van der Waals surface area contributed by atoms with Gasteiger partial charge in [-0.25, -0.2) is 0 Å². The van der Waals surface area contributed by atoms with E-state index in [9.17, 15) is 5.11 Å². The average Bonchev–Trinajstić information content (AvgIpc) is 2.49. The Kier molecular flexibility index (Phi) is 5.78. The van der Waals surface area contributed by atoms with Crippen LogP contribution < -0.4 is 5.32 Å². The fourth-order valence-corrected chi connectivity index (χ4v) is 2.37. The molecular weight excluding hydrogens is 262 g/mol. The van der Waals surface area contributed by atoms with Gasteiger partial charge in [-0.05, 0) is 42.2 Å². The van der Waals surface area contributed by atoms with Crippen molar-refractivity contribution in [3.63, 3.8) is 0 Å². The lowest BCUT2D eigenvalue weighted by atomic mass is 10.1. The molecule has 0 aromatic heterocycles. The zero-order valence-electron chi connectivity index (χ0n) is 12.7. The van der Waals surface area contributed by atoms with Crippen LogP contribution in [-0.2, 0) is 24.3 Å². The minimum Gasteiger partial charge on any atom is -0.508 e. The molecule has 0 amide bonds. The molecule has 0 bridgehead atoms. The van der Waals surface area contributed by atoms with Crippen LogP contribution in [0.2, 0.25) is 0 Å². The lowest BCUT2D eigenvalue weighted by Gasteiger charge is -2.16. The smallest absolute Gasteiger partial charge is 0.115 e. The first kappa shape index (κ1) is 15.5. The highest BCUT2D eigenvalue weighted by molar-refractivity contribution is 5.27. The summed E-state index contributed by atoms with van der Waals surface area (Å²) < 4.78 is 5.23. The van der Waals surface area contributed by atoms with Crippen LogP contribution in [0.15, 0.2) is 48.5 Å². The minimum atomic E-state index is 0.313. The average molecular weight is 285 g/mol. The zero-order chi connectivity index (χ0) is 15.1. The second-order valence-corrected chi connectivity index (χ2v) is 5.35. The van der Waals surface area contributed by atoms with Gasteiger partial charge in [-0.2, -0.15) is 0 Å². The Bertz CT molecular complexity index is 551. The summed E-state index contributed by atoms with van der Waals surface area (Å²) in [6.45, 7) is 3.65. The first-order chi connectivity index (χ1) is 10.2. The summed E-state index contributed by atoms with van der Waals surface area (Å²) in [5.41, 5.74) is 3.72. The van der Waals surface area contributed by atoms with E-state index >= 15 is 0 Å². The van der Waals surface area contributed by atoms with Crippen molar-refractivity contribution >= 4 is 0 Å². The molecule has 2 rings (SSSR count). The Hall–Kier alpha value is -1.84. The van der Waals surface area contributed by atoms with Crippen molar-refractivity contribution in [2.24, 2.45) is 0 Å². The summed E-state index contributed by atoms with van der Waals surface area (Å²) in [4.78, 5) is 0. The monoisotopic (exact) mass is 285 g/mol. The number of phenolic OH excluding ortho intramolecular Hbond substituents is 1. The summed E-state index contributed by atoms with van der Waals surface area (Å²) >= 11 is 0. The van der Waals surface area contributed by atoms with Gasteiger partial charge in [-0.1, -0.05) is 36.4 Å². The van der Waals surface area contributed by atoms with Crippen LogP contribution in [0.1, 0.15) is 23.6 Å². The van der Waals surface area contributed by atoms with Gasteiger partial charge in [0.25, 0.3) is 0 Å². The summed E-state index contributed by atoms with van der Waals surface area (Å²) in [6.07, 6.45) is 0.937.